The highest BCUT2D eigenvalue weighted by molar-refractivity contribution is 7.86. The largest absolute Gasteiger partial charge is 0.353 e. The van der Waals surface area contributed by atoms with E-state index in [0.29, 0.717) is 6.54 Å². The summed E-state index contributed by atoms with van der Waals surface area (Å²) in [6, 6.07) is 0. The third-order valence-electron chi connectivity index (χ3n) is 2.09. The maximum absolute atomic E-state index is 11.3. The van der Waals surface area contributed by atoms with Gasteiger partial charge in [-0.3, -0.25) is 4.79 Å². The molecule has 0 atom stereocenters. The minimum Gasteiger partial charge on any atom is -0.353 e. The van der Waals surface area contributed by atoms with Gasteiger partial charge in [-0.05, 0) is 13.8 Å². The van der Waals surface area contributed by atoms with Gasteiger partial charge < -0.3 is 5.32 Å². The predicted octanol–water partition coefficient (Wildman–Crippen LogP) is -1.60. The Balaban J connectivity index is 3.05. The second-order valence-corrected chi connectivity index (χ2v) is 4.90. The molecule has 0 spiro atoms. The molecule has 1 fully saturated rings. The number of nitrogens with zero attached hydrogens (tertiary/aromatic N) is 1. The summed E-state index contributed by atoms with van der Waals surface area (Å²) in [5.74, 6) is -0.326. The summed E-state index contributed by atoms with van der Waals surface area (Å²) in [6.07, 6.45) is 0. The molecule has 0 aliphatic carbocycles. The standard InChI is InChI=1S/C6H13N3O3S/c1-6(2)5(10)8-3-4-9(6)13(7,11)12/h3-4H2,1-2H3,(H,8,10)(H2,7,11,12). The van der Waals surface area contributed by atoms with Crippen LogP contribution in [0.15, 0.2) is 0 Å². The van der Waals surface area contributed by atoms with Gasteiger partial charge in [0.2, 0.25) is 5.91 Å². The van der Waals surface area contributed by atoms with Crippen LogP contribution in [0.3, 0.4) is 0 Å². The Kier molecular flexibility index (Phi) is 2.35. The molecule has 1 rings (SSSR count). The molecule has 6 nitrogen and oxygen atoms in total. The van der Waals surface area contributed by atoms with Crippen LogP contribution < -0.4 is 10.5 Å². The Bertz CT molecular complexity index is 322. The molecule has 0 saturated carbocycles. The van der Waals surface area contributed by atoms with E-state index in [1.807, 2.05) is 0 Å². The number of nitrogens with one attached hydrogen (secondary N) is 1. The Morgan fingerprint density at radius 1 is 1.54 bits per heavy atom. The van der Waals surface area contributed by atoms with Gasteiger partial charge >= 0.3 is 0 Å². The van der Waals surface area contributed by atoms with E-state index in [9.17, 15) is 13.2 Å². The third-order valence-corrected chi connectivity index (χ3v) is 3.34. The maximum atomic E-state index is 11.3. The third kappa shape index (κ3) is 1.82. The van der Waals surface area contributed by atoms with Gasteiger partial charge in [0.15, 0.2) is 0 Å². The normalized spacial score (nSPS) is 24.1. The zero-order valence-electron chi connectivity index (χ0n) is 7.57. The molecular weight excluding hydrogens is 194 g/mol. The fourth-order valence-corrected chi connectivity index (χ4v) is 2.39. The predicted molar refractivity (Wildman–Crippen MR) is 46.9 cm³/mol. The van der Waals surface area contributed by atoms with Gasteiger partial charge in [0.25, 0.3) is 10.2 Å². The summed E-state index contributed by atoms with van der Waals surface area (Å²) in [5, 5.41) is 7.54. The lowest BCUT2D eigenvalue weighted by molar-refractivity contribution is -0.131. The fourth-order valence-electron chi connectivity index (χ4n) is 1.33. The molecule has 0 aromatic heterocycles. The van der Waals surface area contributed by atoms with Gasteiger partial charge in [0.1, 0.15) is 5.54 Å². The molecule has 0 aromatic rings. The average Bonchev–Trinajstić information content (AvgIpc) is 1.92. The molecule has 1 amide bonds. The van der Waals surface area contributed by atoms with Crippen molar-refractivity contribution in [2.24, 2.45) is 5.14 Å². The van der Waals surface area contributed by atoms with Crippen LogP contribution in [0.5, 0.6) is 0 Å². The van der Waals surface area contributed by atoms with Crippen molar-refractivity contribution in [3.05, 3.63) is 0 Å². The van der Waals surface area contributed by atoms with Crippen molar-refractivity contribution in [2.75, 3.05) is 13.1 Å². The first-order valence-corrected chi connectivity index (χ1v) is 5.35. The van der Waals surface area contributed by atoms with Crippen molar-refractivity contribution >= 4 is 16.1 Å². The summed E-state index contributed by atoms with van der Waals surface area (Å²) < 4.78 is 23.1. The first kappa shape index (κ1) is 10.4. The molecule has 1 saturated heterocycles. The highest BCUT2D eigenvalue weighted by atomic mass is 32.2. The molecule has 1 aliphatic heterocycles. The summed E-state index contributed by atoms with van der Waals surface area (Å²) in [4.78, 5) is 11.3. The van der Waals surface area contributed by atoms with Crippen LogP contribution in [0.25, 0.3) is 0 Å². The smallest absolute Gasteiger partial charge is 0.277 e. The zero-order valence-corrected chi connectivity index (χ0v) is 8.39. The van der Waals surface area contributed by atoms with Crippen molar-refractivity contribution in [2.45, 2.75) is 19.4 Å². The van der Waals surface area contributed by atoms with Gasteiger partial charge in [0, 0.05) is 13.1 Å². The minimum atomic E-state index is -3.79. The second kappa shape index (κ2) is 2.93. The molecule has 1 aliphatic rings. The van der Waals surface area contributed by atoms with Gasteiger partial charge in [-0.15, -0.1) is 0 Å². The van der Waals surface area contributed by atoms with E-state index >= 15 is 0 Å². The van der Waals surface area contributed by atoms with E-state index in [2.05, 4.69) is 5.32 Å². The van der Waals surface area contributed by atoms with Gasteiger partial charge in [-0.1, -0.05) is 0 Å². The molecule has 0 radical (unpaired) electrons. The van der Waals surface area contributed by atoms with Gasteiger partial charge in [0.05, 0.1) is 0 Å². The number of carbonyl (C=O) groups excluding carboxylic acids is 1. The molecule has 1 heterocycles. The molecule has 13 heavy (non-hydrogen) atoms. The number of piperazine rings is 1. The summed E-state index contributed by atoms with van der Waals surface area (Å²) >= 11 is 0. The molecular formula is C6H13N3O3S. The number of hydrogen-bond acceptors (Lipinski definition) is 3. The van der Waals surface area contributed by atoms with Gasteiger partial charge in [-0.25, -0.2) is 5.14 Å². The van der Waals surface area contributed by atoms with Crippen LogP contribution in [0.2, 0.25) is 0 Å². The van der Waals surface area contributed by atoms with E-state index < -0.39 is 15.7 Å². The highest BCUT2D eigenvalue weighted by Crippen LogP contribution is 2.19. The first-order chi connectivity index (χ1) is 5.76. The van der Waals surface area contributed by atoms with Crippen LogP contribution in [0.1, 0.15) is 13.8 Å². The van der Waals surface area contributed by atoms with Crippen LogP contribution >= 0.6 is 0 Å². The SMILES string of the molecule is CC1(C)C(=O)NCCN1S(N)(=O)=O. The summed E-state index contributed by atoms with van der Waals surface area (Å²) in [7, 11) is -3.79. The fraction of sp³-hybridized carbons (Fsp3) is 0.833. The van der Waals surface area contributed by atoms with Crippen molar-refractivity contribution in [3.8, 4) is 0 Å². The van der Waals surface area contributed by atoms with E-state index in [1.54, 1.807) is 0 Å². The Morgan fingerprint density at radius 2 is 2.08 bits per heavy atom. The van der Waals surface area contributed by atoms with Gasteiger partial charge in [-0.2, -0.15) is 12.7 Å². The van der Waals surface area contributed by atoms with E-state index in [0.717, 1.165) is 4.31 Å². The lowest BCUT2D eigenvalue weighted by atomic mass is 10.0. The van der Waals surface area contributed by atoms with Crippen LogP contribution in [0, 0.1) is 0 Å². The Morgan fingerprint density at radius 3 is 2.46 bits per heavy atom. The van der Waals surface area contributed by atoms with Crippen LogP contribution in [-0.4, -0.2) is 37.3 Å². The topological polar surface area (TPSA) is 92.5 Å². The molecule has 0 unspecified atom stereocenters. The number of rotatable bonds is 1. The highest BCUT2D eigenvalue weighted by Gasteiger charge is 2.42. The van der Waals surface area contributed by atoms with Crippen molar-refractivity contribution in [3.63, 3.8) is 0 Å². The lowest BCUT2D eigenvalue weighted by Gasteiger charge is -2.38. The summed E-state index contributed by atoms with van der Waals surface area (Å²) in [6.45, 7) is 3.56. The number of carbonyl (C=O) groups is 1. The monoisotopic (exact) mass is 207 g/mol. The van der Waals surface area contributed by atoms with Crippen molar-refractivity contribution < 1.29 is 13.2 Å². The van der Waals surface area contributed by atoms with Crippen LogP contribution in [-0.2, 0) is 15.0 Å². The zero-order chi connectivity index (χ0) is 10.3. The van der Waals surface area contributed by atoms with Crippen molar-refractivity contribution in [1.29, 1.82) is 0 Å². The number of amides is 1. The quantitative estimate of drug-likeness (QED) is 0.542. The molecule has 3 N–H and O–H groups in total. The lowest BCUT2D eigenvalue weighted by Crippen LogP contribution is -2.64. The average molecular weight is 207 g/mol. The van der Waals surface area contributed by atoms with E-state index in [1.165, 1.54) is 13.8 Å². The van der Waals surface area contributed by atoms with E-state index in [4.69, 9.17) is 5.14 Å². The molecule has 0 bridgehead atoms. The van der Waals surface area contributed by atoms with Crippen LogP contribution in [0.4, 0.5) is 0 Å². The molecule has 0 aromatic carbocycles. The van der Waals surface area contributed by atoms with E-state index in [-0.39, 0.29) is 12.5 Å². The van der Waals surface area contributed by atoms with Crippen molar-refractivity contribution in [1.82, 2.24) is 9.62 Å². The molecule has 76 valence electrons. The Hall–Kier alpha value is -0.660. The molecule has 7 heteroatoms. The Labute approximate surface area is 77.3 Å². The number of hydrogen-bond donors (Lipinski definition) is 2. The minimum absolute atomic E-state index is 0.220. The second-order valence-electron chi connectivity index (χ2n) is 3.43. The first-order valence-electron chi connectivity index (χ1n) is 3.85. The summed E-state index contributed by atoms with van der Waals surface area (Å²) in [5.41, 5.74) is -1.09. The number of nitrogens with two attached hydrogens (primary N) is 1. The maximum Gasteiger partial charge on any atom is 0.277 e.